The zero-order chi connectivity index (χ0) is 18.7. The summed E-state index contributed by atoms with van der Waals surface area (Å²) in [5, 5.41) is 9.11. The van der Waals surface area contributed by atoms with E-state index in [-0.39, 0.29) is 13.2 Å². The Hall–Kier alpha value is -2.57. The predicted molar refractivity (Wildman–Crippen MR) is 90.9 cm³/mol. The Morgan fingerprint density at radius 3 is 2.40 bits per heavy atom. The fourth-order valence-corrected chi connectivity index (χ4v) is 2.33. The van der Waals surface area contributed by atoms with Crippen molar-refractivity contribution in [3.63, 3.8) is 0 Å². The highest BCUT2D eigenvalue weighted by atomic mass is 16.6. The summed E-state index contributed by atoms with van der Waals surface area (Å²) in [4.78, 5) is 36.7. The number of carboxylic acid groups (broad SMARTS) is 1. The van der Waals surface area contributed by atoms with Gasteiger partial charge in [0.1, 0.15) is 12.6 Å². The van der Waals surface area contributed by atoms with Gasteiger partial charge in [-0.2, -0.15) is 0 Å². The normalized spacial score (nSPS) is 11.4. The van der Waals surface area contributed by atoms with E-state index in [9.17, 15) is 14.4 Å². The number of ether oxygens (including phenoxy) is 2. The van der Waals surface area contributed by atoms with Gasteiger partial charge in [0.15, 0.2) is 0 Å². The van der Waals surface area contributed by atoms with Gasteiger partial charge in [-0.05, 0) is 12.0 Å². The smallest absolute Gasteiger partial charge is 0.410 e. The molecule has 1 aromatic rings. The largest absolute Gasteiger partial charge is 0.481 e. The van der Waals surface area contributed by atoms with Gasteiger partial charge in [0.25, 0.3) is 0 Å². The Balaban J connectivity index is 2.84. The van der Waals surface area contributed by atoms with E-state index in [1.807, 2.05) is 25.1 Å². The predicted octanol–water partition coefficient (Wildman–Crippen LogP) is 2.83. The van der Waals surface area contributed by atoms with Crippen LogP contribution in [0.15, 0.2) is 30.3 Å². The number of esters is 1. The summed E-state index contributed by atoms with van der Waals surface area (Å²) in [6, 6.07) is 7.82. The zero-order valence-electron chi connectivity index (χ0n) is 14.6. The Bertz CT molecular complexity index is 560. The molecule has 0 spiro atoms. The summed E-state index contributed by atoms with van der Waals surface area (Å²) in [5.41, 5.74) is 0.778. The minimum Gasteiger partial charge on any atom is -0.481 e. The highest BCUT2D eigenvalue weighted by molar-refractivity contribution is 5.85. The van der Waals surface area contributed by atoms with Gasteiger partial charge >= 0.3 is 18.0 Å². The van der Waals surface area contributed by atoms with E-state index in [4.69, 9.17) is 14.6 Å². The second-order valence-electron chi connectivity index (χ2n) is 5.58. The van der Waals surface area contributed by atoms with Crippen molar-refractivity contribution in [3.8, 4) is 0 Å². The van der Waals surface area contributed by atoms with Gasteiger partial charge < -0.3 is 14.6 Å². The van der Waals surface area contributed by atoms with Crippen molar-refractivity contribution in [1.29, 1.82) is 0 Å². The number of carbonyl (C=O) groups is 3. The first-order valence-corrected chi connectivity index (χ1v) is 8.26. The molecular formula is C18H25NO6. The Labute approximate surface area is 147 Å². The van der Waals surface area contributed by atoms with Crippen molar-refractivity contribution in [2.24, 2.45) is 0 Å². The Morgan fingerprint density at radius 2 is 1.84 bits per heavy atom. The number of aliphatic carboxylic acids is 1. The van der Waals surface area contributed by atoms with Crippen molar-refractivity contribution < 1.29 is 29.0 Å². The fraction of sp³-hybridized carbons (Fsp3) is 0.500. The van der Waals surface area contributed by atoms with Gasteiger partial charge in [0.2, 0.25) is 0 Å². The monoisotopic (exact) mass is 351 g/mol. The number of carboxylic acids is 1. The molecule has 0 saturated carbocycles. The van der Waals surface area contributed by atoms with Gasteiger partial charge in [0.05, 0.1) is 13.5 Å². The van der Waals surface area contributed by atoms with E-state index in [0.29, 0.717) is 6.42 Å². The first kappa shape index (κ1) is 20.5. The number of carbonyl (C=O) groups excluding carboxylic acids is 2. The van der Waals surface area contributed by atoms with Gasteiger partial charge in [-0.15, -0.1) is 0 Å². The van der Waals surface area contributed by atoms with Crippen LogP contribution in [0, 0.1) is 0 Å². The molecule has 1 atom stereocenters. The van der Waals surface area contributed by atoms with Crippen LogP contribution in [0.25, 0.3) is 0 Å². The van der Waals surface area contributed by atoms with E-state index in [0.717, 1.165) is 23.3 Å². The molecule has 1 rings (SSSR count). The molecule has 0 radical (unpaired) electrons. The molecule has 0 aliphatic rings. The number of hydrogen-bond acceptors (Lipinski definition) is 5. The molecule has 0 heterocycles. The molecule has 1 N–H and O–H groups in total. The summed E-state index contributed by atoms with van der Waals surface area (Å²) in [6.45, 7) is 2.25. The van der Waals surface area contributed by atoms with Crippen molar-refractivity contribution in [1.82, 2.24) is 4.90 Å². The number of rotatable bonds is 10. The average Bonchev–Trinajstić information content (AvgIpc) is 2.62. The molecule has 1 unspecified atom stereocenters. The SMILES string of the molecule is CCCCCN(C(=O)OC)C(CC(=O)O)C(=O)OCc1ccccc1. The second-order valence-corrected chi connectivity index (χ2v) is 5.58. The highest BCUT2D eigenvalue weighted by Gasteiger charge is 2.33. The molecule has 0 fully saturated rings. The van der Waals surface area contributed by atoms with Crippen LogP contribution in [-0.2, 0) is 25.7 Å². The van der Waals surface area contributed by atoms with Crippen LogP contribution in [0.3, 0.4) is 0 Å². The van der Waals surface area contributed by atoms with E-state index in [2.05, 4.69) is 0 Å². The summed E-state index contributed by atoms with van der Waals surface area (Å²) < 4.78 is 9.93. The third-order valence-corrected chi connectivity index (χ3v) is 3.65. The van der Waals surface area contributed by atoms with E-state index >= 15 is 0 Å². The molecule has 0 bridgehead atoms. The number of amides is 1. The summed E-state index contributed by atoms with van der Waals surface area (Å²) in [5.74, 6) is -1.95. The third kappa shape index (κ3) is 7.24. The number of unbranched alkanes of at least 4 members (excludes halogenated alkanes) is 2. The van der Waals surface area contributed by atoms with E-state index < -0.39 is 30.5 Å². The summed E-state index contributed by atoms with van der Waals surface area (Å²) in [6.07, 6.45) is 1.16. The molecule has 0 saturated heterocycles. The van der Waals surface area contributed by atoms with Gasteiger partial charge in [-0.1, -0.05) is 50.1 Å². The number of methoxy groups -OCH3 is 1. The average molecular weight is 351 g/mol. The molecule has 0 aliphatic carbocycles. The summed E-state index contributed by atoms with van der Waals surface area (Å²) in [7, 11) is 1.20. The Morgan fingerprint density at radius 1 is 1.16 bits per heavy atom. The molecule has 1 amide bonds. The van der Waals surface area contributed by atoms with Crippen molar-refractivity contribution in [2.45, 2.75) is 45.3 Å². The standard InChI is InChI=1S/C18H25NO6/c1-3-4-8-11-19(18(23)24-2)15(12-16(20)21)17(22)25-13-14-9-6-5-7-10-14/h5-7,9-10,15H,3-4,8,11-13H2,1-2H3,(H,20,21). The van der Waals surface area contributed by atoms with E-state index in [1.165, 1.54) is 7.11 Å². The number of benzene rings is 1. The zero-order valence-corrected chi connectivity index (χ0v) is 14.6. The van der Waals surface area contributed by atoms with Crippen LogP contribution in [0.4, 0.5) is 4.79 Å². The van der Waals surface area contributed by atoms with Crippen molar-refractivity contribution >= 4 is 18.0 Å². The lowest BCUT2D eigenvalue weighted by Crippen LogP contribution is -2.47. The van der Waals surface area contributed by atoms with Crippen molar-refractivity contribution in [3.05, 3.63) is 35.9 Å². The summed E-state index contributed by atoms with van der Waals surface area (Å²) >= 11 is 0. The van der Waals surface area contributed by atoms with Crippen LogP contribution in [-0.4, -0.2) is 47.7 Å². The maximum Gasteiger partial charge on any atom is 0.410 e. The third-order valence-electron chi connectivity index (χ3n) is 3.65. The molecular weight excluding hydrogens is 326 g/mol. The molecule has 138 valence electrons. The highest BCUT2D eigenvalue weighted by Crippen LogP contribution is 2.13. The van der Waals surface area contributed by atoms with Crippen molar-refractivity contribution in [2.75, 3.05) is 13.7 Å². The quantitative estimate of drug-likeness (QED) is 0.515. The lowest BCUT2D eigenvalue weighted by atomic mass is 10.1. The fourth-order valence-electron chi connectivity index (χ4n) is 2.33. The van der Waals surface area contributed by atoms with Crippen LogP contribution >= 0.6 is 0 Å². The maximum absolute atomic E-state index is 12.4. The van der Waals surface area contributed by atoms with Gasteiger partial charge in [0, 0.05) is 6.54 Å². The minimum atomic E-state index is -1.22. The molecule has 7 heteroatoms. The molecule has 0 aromatic heterocycles. The molecule has 0 aliphatic heterocycles. The molecule has 7 nitrogen and oxygen atoms in total. The first-order chi connectivity index (χ1) is 12.0. The topological polar surface area (TPSA) is 93.1 Å². The van der Waals surface area contributed by atoms with Crippen LogP contribution in [0.5, 0.6) is 0 Å². The van der Waals surface area contributed by atoms with Gasteiger partial charge in [-0.25, -0.2) is 9.59 Å². The lowest BCUT2D eigenvalue weighted by molar-refractivity contribution is -0.155. The lowest BCUT2D eigenvalue weighted by Gasteiger charge is -2.28. The van der Waals surface area contributed by atoms with Crippen LogP contribution < -0.4 is 0 Å². The molecule has 1 aromatic carbocycles. The Kier molecular flexibility index (Phi) is 9.06. The van der Waals surface area contributed by atoms with Crippen LogP contribution in [0.1, 0.15) is 38.2 Å². The van der Waals surface area contributed by atoms with E-state index in [1.54, 1.807) is 12.1 Å². The second kappa shape index (κ2) is 11.1. The molecule has 25 heavy (non-hydrogen) atoms. The first-order valence-electron chi connectivity index (χ1n) is 8.26. The number of nitrogens with zero attached hydrogens (tertiary/aromatic N) is 1. The maximum atomic E-state index is 12.4. The minimum absolute atomic E-state index is 0.0137. The number of hydrogen-bond donors (Lipinski definition) is 1. The van der Waals surface area contributed by atoms with Crippen LogP contribution in [0.2, 0.25) is 0 Å². The van der Waals surface area contributed by atoms with Gasteiger partial charge in [-0.3, -0.25) is 9.69 Å².